The zero-order chi connectivity index (χ0) is 10.7. The molecular formula is C12H21NO2. The van der Waals surface area contributed by atoms with Gasteiger partial charge in [0.15, 0.2) is 0 Å². The van der Waals surface area contributed by atoms with Crippen molar-refractivity contribution in [2.24, 2.45) is 5.41 Å². The standard InChI is InChI=1S/C12H21NO2/c1-12(6-5-11(14)13-9-12)8-10-4-2-3-7-15-10/h10H,2-9H2,1H3,(H,13,14). The van der Waals surface area contributed by atoms with Gasteiger partial charge < -0.3 is 10.1 Å². The van der Waals surface area contributed by atoms with Crippen molar-refractivity contribution in [1.82, 2.24) is 5.32 Å². The van der Waals surface area contributed by atoms with Crippen LogP contribution < -0.4 is 5.32 Å². The zero-order valence-corrected chi connectivity index (χ0v) is 9.55. The molecule has 2 atom stereocenters. The second-order valence-corrected chi connectivity index (χ2v) is 5.28. The van der Waals surface area contributed by atoms with E-state index in [-0.39, 0.29) is 11.3 Å². The van der Waals surface area contributed by atoms with Crippen molar-refractivity contribution in [1.29, 1.82) is 0 Å². The first-order chi connectivity index (χ1) is 7.18. The first kappa shape index (κ1) is 10.9. The van der Waals surface area contributed by atoms with Crippen LogP contribution in [0.15, 0.2) is 0 Å². The molecule has 2 saturated heterocycles. The summed E-state index contributed by atoms with van der Waals surface area (Å²) in [6.45, 7) is 4.02. The minimum atomic E-state index is 0.206. The highest BCUT2D eigenvalue weighted by atomic mass is 16.5. The Morgan fingerprint density at radius 1 is 1.53 bits per heavy atom. The molecule has 0 bridgehead atoms. The Kier molecular flexibility index (Phi) is 3.29. The minimum absolute atomic E-state index is 0.206. The number of ether oxygens (including phenoxy) is 1. The summed E-state index contributed by atoms with van der Waals surface area (Å²) in [4.78, 5) is 11.1. The molecule has 86 valence electrons. The van der Waals surface area contributed by atoms with E-state index in [2.05, 4.69) is 12.2 Å². The van der Waals surface area contributed by atoms with E-state index in [0.29, 0.717) is 12.5 Å². The molecule has 2 unspecified atom stereocenters. The second-order valence-electron chi connectivity index (χ2n) is 5.28. The zero-order valence-electron chi connectivity index (χ0n) is 9.55. The van der Waals surface area contributed by atoms with Gasteiger partial charge >= 0.3 is 0 Å². The van der Waals surface area contributed by atoms with Crippen LogP contribution in [0.25, 0.3) is 0 Å². The van der Waals surface area contributed by atoms with E-state index in [4.69, 9.17) is 4.74 Å². The molecule has 2 heterocycles. The third-order valence-corrected chi connectivity index (χ3v) is 3.66. The SMILES string of the molecule is CC1(CC2CCCCO2)CCC(=O)NC1. The molecule has 0 spiro atoms. The monoisotopic (exact) mass is 211 g/mol. The molecule has 2 fully saturated rings. The molecule has 0 aromatic heterocycles. The first-order valence-electron chi connectivity index (χ1n) is 6.06. The number of nitrogens with one attached hydrogen (secondary N) is 1. The van der Waals surface area contributed by atoms with Gasteiger partial charge in [-0.15, -0.1) is 0 Å². The van der Waals surface area contributed by atoms with Crippen LogP contribution in [0.5, 0.6) is 0 Å². The lowest BCUT2D eigenvalue weighted by Gasteiger charge is -2.37. The fourth-order valence-corrected chi connectivity index (χ4v) is 2.60. The van der Waals surface area contributed by atoms with E-state index in [1.807, 2.05) is 0 Å². The van der Waals surface area contributed by atoms with Gasteiger partial charge in [0.05, 0.1) is 6.10 Å². The normalized spacial score (nSPS) is 37.4. The Morgan fingerprint density at radius 2 is 2.40 bits per heavy atom. The predicted octanol–water partition coefficient (Wildman–Crippen LogP) is 1.86. The fourth-order valence-electron chi connectivity index (χ4n) is 2.60. The molecule has 3 nitrogen and oxygen atoms in total. The number of carbonyl (C=O) groups is 1. The molecule has 3 heteroatoms. The summed E-state index contributed by atoms with van der Waals surface area (Å²) >= 11 is 0. The van der Waals surface area contributed by atoms with E-state index in [1.165, 1.54) is 19.3 Å². The second kappa shape index (κ2) is 4.52. The van der Waals surface area contributed by atoms with Crippen molar-refractivity contribution < 1.29 is 9.53 Å². The molecule has 2 aliphatic rings. The van der Waals surface area contributed by atoms with Gasteiger partial charge in [0, 0.05) is 19.6 Å². The number of piperidine rings is 1. The maximum Gasteiger partial charge on any atom is 0.220 e. The van der Waals surface area contributed by atoms with Crippen molar-refractivity contribution in [3.8, 4) is 0 Å². The molecule has 1 N–H and O–H groups in total. The molecule has 2 aliphatic heterocycles. The van der Waals surface area contributed by atoms with Crippen LogP contribution in [0.4, 0.5) is 0 Å². The van der Waals surface area contributed by atoms with Gasteiger partial charge in [0.2, 0.25) is 5.91 Å². The summed E-state index contributed by atoms with van der Waals surface area (Å²) in [6, 6.07) is 0. The van der Waals surface area contributed by atoms with Gasteiger partial charge in [-0.1, -0.05) is 6.92 Å². The quantitative estimate of drug-likeness (QED) is 0.757. The van der Waals surface area contributed by atoms with Crippen LogP contribution in [0.1, 0.15) is 45.4 Å². The van der Waals surface area contributed by atoms with Crippen molar-refractivity contribution in [2.45, 2.75) is 51.6 Å². The summed E-state index contributed by atoms with van der Waals surface area (Å²) < 4.78 is 5.76. The lowest BCUT2D eigenvalue weighted by atomic mass is 9.77. The average molecular weight is 211 g/mol. The summed E-state index contributed by atoms with van der Waals surface area (Å²) in [5.74, 6) is 0.206. The summed E-state index contributed by atoms with van der Waals surface area (Å²) in [7, 11) is 0. The lowest BCUT2D eigenvalue weighted by Crippen LogP contribution is -2.43. The van der Waals surface area contributed by atoms with Crippen LogP contribution in [-0.2, 0) is 9.53 Å². The van der Waals surface area contributed by atoms with E-state index in [1.54, 1.807) is 0 Å². The van der Waals surface area contributed by atoms with Gasteiger partial charge in [-0.05, 0) is 37.5 Å². The predicted molar refractivity (Wildman–Crippen MR) is 58.6 cm³/mol. The Balaban J connectivity index is 1.83. The number of hydrogen-bond acceptors (Lipinski definition) is 2. The summed E-state index contributed by atoms with van der Waals surface area (Å²) in [5, 5.41) is 2.97. The van der Waals surface area contributed by atoms with Gasteiger partial charge in [-0.2, -0.15) is 0 Å². The third kappa shape index (κ3) is 2.94. The van der Waals surface area contributed by atoms with Crippen LogP contribution in [0, 0.1) is 5.41 Å². The van der Waals surface area contributed by atoms with E-state index < -0.39 is 0 Å². The maximum absolute atomic E-state index is 11.1. The minimum Gasteiger partial charge on any atom is -0.378 e. The molecule has 1 amide bonds. The number of carbonyl (C=O) groups excluding carboxylic acids is 1. The third-order valence-electron chi connectivity index (χ3n) is 3.66. The van der Waals surface area contributed by atoms with Gasteiger partial charge in [0.1, 0.15) is 0 Å². The van der Waals surface area contributed by atoms with Crippen molar-refractivity contribution in [3.05, 3.63) is 0 Å². The molecule has 0 aromatic carbocycles. The number of rotatable bonds is 2. The van der Waals surface area contributed by atoms with Crippen LogP contribution >= 0.6 is 0 Å². The largest absolute Gasteiger partial charge is 0.378 e. The Hall–Kier alpha value is -0.570. The average Bonchev–Trinajstić information content (AvgIpc) is 2.24. The highest BCUT2D eigenvalue weighted by Crippen LogP contribution is 2.34. The topological polar surface area (TPSA) is 38.3 Å². The highest BCUT2D eigenvalue weighted by Gasteiger charge is 2.33. The Morgan fingerprint density at radius 3 is 3.00 bits per heavy atom. The van der Waals surface area contributed by atoms with E-state index in [9.17, 15) is 4.79 Å². The van der Waals surface area contributed by atoms with Crippen LogP contribution in [0.2, 0.25) is 0 Å². The van der Waals surface area contributed by atoms with Gasteiger partial charge in [0.25, 0.3) is 0 Å². The Labute approximate surface area is 91.6 Å². The van der Waals surface area contributed by atoms with Gasteiger partial charge in [-0.25, -0.2) is 0 Å². The first-order valence-corrected chi connectivity index (χ1v) is 6.06. The fraction of sp³-hybridized carbons (Fsp3) is 0.917. The van der Waals surface area contributed by atoms with Gasteiger partial charge in [-0.3, -0.25) is 4.79 Å². The highest BCUT2D eigenvalue weighted by molar-refractivity contribution is 5.76. The maximum atomic E-state index is 11.1. The molecule has 15 heavy (non-hydrogen) atoms. The van der Waals surface area contributed by atoms with Crippen molar-refractivity contribution in [3.63, 3.8) is 0 Å². The van der Waals surface area contributed by atoms with E-state index >= 15 is 0 Å². The van der Waals surface area contributed by atoms with Crippen molar-refractivity contribution in [2.75, 3.05) is 13.2 Å². The smallest absolute Gasteiger partial charge is 0.220 e. The molecule has 0 radical (unpaired) electrons. The molecule has 0 aromatic rings. The lowest BCUT2D eigenvalue weighted by molar-refractivity contribution is -0.125. The summed E-state index contributed by atoms with van der Waals surface area (Å²) in [6.07, 6.45) is 6.94. The number of hydrogen-bond donors (Lipinski definition) is 1. The van der Waals surface area contributed by atoms with Crippen molar-refractivity contribution >= 4 is 5.91 Å². The molecule has 0 saturated carbocycles. The Bertz CT molecular complexity index is 224. The summed E-state index contributed by atoms with van der Waals surface area (Å²) in [5.41, 5.74) is 0.260. The molecule has 0 aliphatic carbocycles. The molecular weight excluding hydrogens is 190 g/mol. The molecule has 2 rings (SSSR count). The number of amides is 1. The van der Waals surface area contributed by atoms with Crippen LogP contribution in [-0.4, -0.2) is 25.2 Å². The van der Waals surface area contributed by atoms with Crippen LogP contribution in [0.3, 0.4) is 0 Å². The van der Waals surface area contributed by atoms with E-state index in [0.717, 1.165) is 26.0 Å².